The lowest BCUT2D eigenvalue weighted by atomic mass is 10.1. The molecule has 1 aromatic heterocycles. The zero-order chi connectivity index (χ0) is 19.1. The standard InChI is InChI=1S/C19H21NO5S/c1-12-13(2)26-18(17(12)19(23)24-3)20-15(21)11-25-16(22)10-9-14-7-5-4-6-8-14/h4-8H,9-11H2,1-3H3,(H,20,21). The molecule has 0 aliphatic rings. The molecule has 1 aromatic carbocycles. The predicted octanol–water partition coefficient (Wildman–Crippen LogP) is 3.27. The van der Waals surface area contributed by atoms with E-state index in [4.69, 9.17) is 9.47 Å². The number of esters is 2. The van der Waals surface area contributed by atoms with Gasteiger partial charge in [0.25, 0.3) is 5.91 Å². The zero-order valence-electron chi connectivity index (χ0n) is 15.0. The molecule has 2 aromatic rings. The molecule has 0 saturated carbocycles. The number of ether oxygens (including phenoxy) is 2. The Kier molecular flexibility index (Phi) is 6.91. The lowest BCUT2D eigenvalue weighted by Gasteiger charge is -2.07. The van der Waals surface area contributed by atoms with E-state index in [1.165, 1.54) is 18.4 Å². The minimum Gasteiger partial charge on any atom is -0.465 e. The van der Waals surface area contributed by atoms with Gasteiger partial charge in [0.2, 0.25) is 0 Å². The Balaban J connectivity index is 1.86. The molecule has 7 heteroatoms. The van der Waals surface area contributed by atoms with E-state index in [9.17, 15) is 14.4 Å². The highest BCUT2D eigenvalue weighted by molar-refractivity contribution is 7.16. The molecule has 1 N–H and O–H groups in total. The second kappa shape index (κ2) is 9.15. The molecule has 0 bridgehead atoms. The van der Waals surface area contributed by atoms with Gasteiger partial charge in [-0.05, 0) is 31.4 Å². The van der Waals surface area contributed by atoms with E-state index < -0.39 is 24.5 Å². The van der Waals surface area contributed by atoms with Crippen LogP contribution >= 0.6 is 11.3 Å². The number of thiophene rings is 1. The first-order valence-electron chi connectivity index (χ1n) is 8.10. The van der Waals surface area contributed by atoms with E-state index in [2.05, 4.69) is 5.32 Å². The summed E-state index contributed by atoms with van der Waals surface area (Å²) in [6.07, 6.45) is 0.749. The van der Waals surface area contributed by atoms with Crippen LogP contribution < -0.4 is 5.32 Å². The van der Waals surface area contributed by atoms with Gasteiger partial charge in [0.1, 0.15) is 5.00 Å². The van der Waals surface area contributed by atoms with Crippen LogP contribution in [-0.2, 0) is 25.5 Å². The number of hydrogen-bond donors (Lipinski definition) is 1. The van der Waals surface area contributed by atoms with Crippen LogP contribution in [0.5, 0.6) is 0 Å². The molecular formula is C19H21NO5S. The van der Waals surface area contributed by atoms with Crippen LogP contribution in [0.3, 0.4) is 0 Å². The molecule has 6 nitrogen and oxygen atoms in total. The van der Waals surface area contributed by atoms with Crippen molar-refractivity contribution in [3.05, 3.63) is 51.9 Å². The van der Waals surface area contributed by atoms with Crippen LogP contribution in [-0.4, -0.2) is 31.6 Å². The summed E-state index contributed by atoms with van der Waals surface area (Å²) in [7, 11) is 1.29. The molecule has 0 aliphatic carbocycles. The molecule has 1 heterocycles. The Morgan fingerprint density at radius 2 is 1.81 bits per heavy atom. The second-order valence-corrected chi connectivity index (χ2v) is 6.90. The third-order valence-corrected chi connectivity index (χ3v) is 4.98. The van der Waals surface area contributed by atoms with Gasteiger partial charge in [0.15, 0.2) is 6.61 Å². The highest BCUT2D eigenvalue weighted by atomic mass is 32.1. The third kappa shape index (κ3) is 5.16. The Morgan fingerprint density at radius 1 is 1.12 bits per heavy atom. The van der Waals surface area contributed by atoms with E-state index in [0.717, 1.165) is 16.0 Å². The molecule has 0 spiro atoms. The summed E-state index contributed by atoms with van der Waals surface area (Å²) in [6.45, 7) is 3.24. The monoisotopic (exact) mass is 375 g/mol. The summed E-state index contributed by atoms with van der Waals surface area (Å²) in [5, 5.41) is 3.02. The SMILES string of the molecule is COC(=O)c1c(NC(=O)COC(=O)CCc2ccccc2)sc(C)c1C. The van der Waals surface area contributed by atoms with Crippen molar-refractivity contribution in [3.8, 4) is 0 Å². The van der Waals surface area contributed by atoms with Crippen molar-refractivity contribution in [2.45, 2.75) is 26.7 Å². The van der Waals surface area contributed by atoms with Gasteiger partial charge in [-0.25, -0.2) is 4.79 Å². The number of benzene rings is 1. The van der Waals surface area contributed by atoms with E-state index >= 15 is 0 Å². The number of rotatable bonds is 7. The van der Waals surface area contributed by atoms with Crippen molar-refractivity contribution >= 4 is 34.2 Å². The van der Waals surface area contributed by atoms with Crippen LogP contribution in [0.1, 0.15) is 32.8 Å². The number of anilines is 1. The maximum atomic E-state index is 12.0. The minimum atomic E-state index is -0.512. The maximum Gasteiger partial charge on any atom is 0.341 e. The van der Waals surface area contributed by atoms with Crippen LogP contribution in [0, 0.1) is 13.8 Å². The van der Waals surface area contributed by atoms with Gasteiger partial charge in [-0.15, -0.1) is 11.3 Å². The van der Waals surface area contributed by atoms with Crippen molar-refractivity contribution < 1.29 is 23.9 Å². The van der Waals surface area contributed by atoms with Gasteiger partial charge in [-0.3, -0.25) is 9.59 Å². The molecule has 0 atom stereocenters. The Bertz CT molecular complexity index is 798. The lowest BCUT2D eigenvalue weighted by Crippen LogP contribution is -2.21. The quantitative estimate of drug-likeness (QED) is 0.751. The number of nitrogens with one attached hydrogen (secondary N) is 1. The third-order valence-electron chi connectivity index (χ3n) is 3.85. The van der Waals surface area contributed by atoms with Crippen LogP contribution in [0.15, 0.2) is 30.3 Å². The fraction of sp³-hybridized carbons (Fsp3) is 0.316. The van der Waals surface area contributed by atoms with Crippen LogP contribution in [0.2, 0.25) is 0 Å². The predicted molar refractivity (Wildman–Crippen MR) is 99.5 cm³/mol. The van der Waals surface area contributed by atoms with Crippen molar-refractivity contribution in [2.75, 3.05) is 19.0 Å². The molecule has 0 radical (unpaired) electrons. The molecule has 26 heavy (non-hydrogen) atoms. The van der Waals surface area contributed by atoms with Crippen molar-refractivity contribution in [2.24, 2.45) is 0 Å². The molecular weight excluding hydrogens is 354 g/mol. The highest BCUT2D eigenvalue weighted by Gasteiger charge is 2.21. The van der Waals surface area contributed by atoms with Crippen molar-refractivity contribution in [3.63, 3.8) is 0 Å². The summed E-state index contributed by atoms with van der Waals surface area (Å²) in [6, 6.07) is 9.56. The molecule has 0 unspecified atom stereocenters. The van der Waals surface area contributed by atoms with E-state index in [-0.39, 0.29) is 6.42 Å². The summed E-state index contributed by atoms with van der Waals surface area (Å²) in [5.41, 5.74) is 2.12. The summed E-state index contributed by atoms with van der Waals surface area (Å²) in [4.78, 5) is 36.6. The van der Waals surface area contributed by atoms with Gasteiger partial charge < -0.3 is 14.8 Å². The maximum absolute atomic E-state index is 12.0. The highest BCUT2D eigenvalue weighted by Crippen LogP contribution is 2.32. The summed E-state index contributed by atoms with van der Waals surface area (Å²) >= 11 is 1.28. The fourth-order valence-corrected chi connectivity index (χ4v) is 3.40. The van der Waals surface area contributed by atoms with Gasteiger partial charge in [0.05, 0.1) is 12.7 Å². The van der Waals surface area contributed by atoms with E-state index in [1.54, 1.807) is 6.92 Å². The first kappa shape index (κ1) is 19.7. The smallest absolute Gasteiger partial charge is 0.341 e. The molecule has 138 valence electrons. The van der Waals surface area contributed by atoms with Crippen molar-refractivity contribution in [1.82, 2.24) is 0 Å². The first-order chi connectivity index (χ1) is 12.4. The van der Waals surface area contributed by atoms with Gasteiger partial charge in [-0.1, -0.05) is 30.3 Å². The van der Waals surface area contributed by atoms with Crippen LogP contribution in [0.4, 0.5) is 5.00 Å². The Labute approximate surface area is 156 Å². The summed E-state index contributed by atoms with van der Waals surface area (Å²) < 4.78 is 9.75. The normalized spacial score (nSPS) is 10.3. The number of aryl methyl sites for hydroxylation is 2. The topological polar surface area (TPSA) is 81.7 Å². The number of methoxy groups -OCH3 is 1. The van der Waals surface area contributed by atoms with Gasteiger partial charge in [-0.2, -0.15) is 0 Å². The first-order valence-corrected chi connectivity index (χ1v) is 8.91. The van der Waals surface area contributed by atoms with E-state index in [1.807, 2.05) is 37.3 Å². The number of amides is 1. The Morgan fingerprint density at radius 3 is 2.46 bits per heavy atom. The zero-order valence-corrected chi connectivity index (χ0v) is 15.8. The average Bonchev–Trinajstić information content (AvgIpc) is 2.92. The molecule has 2 rings (SSSR count). The number of hydrogen-bond acceptors (Lipinski definition) is 6. The fourth-order valence-electron chi connectivity index (χ4n) is 2.33. The Hall–Kier alpha value is -2.67. The minimum absolute atomic E-state index is 0.196. The molecule has 0 fully saturated rings. The second-order valence-electron chi connectivity index (χ2n) is 5.67. The van der Waals surface area contributed by atoms with Gasteiger partial charge >= 0.3 is 11.9 Å². The average molecular weight is 375 g/mol. The summed E-state index contributed by atoms with van der Waals surface area (Å²) in [5.74, 6) is -1.46. The number of carbonyl (C=O) groups is 3. The molecule has 1 amide bonds. The largest absolute Gasteiger partial charge is 0.465 e. The van der Waals surface area contributed by atoms with E-state index in [0.29, 0.717) is 17.0 Å². The molecule has 0 saturated heterocycles. The van der Waals surface area contributed by atoms with Crippen LogP contribution in [0.25, 0.3) is 0 Å². The van der Waals surface area contributed by atoms with Gasteiger partial charge in [0, 0.05) is 11.3 Å². The molecule has 0 aliphatic heterocycles. The number of carbonyl (C=O) groups excluding carboxylic acids is 3. The lowest BCUT2D eigenvalue weighted by molar-refractivity contribution is -0.147. The van der Waals surface area contributed by atoms with Crippen molar-refractivity contribution in [1.29, 1.82) is 0 Å².